The third-order valence-electron chi connectivity index (χ3n) is 4.87. The van der Waals surface area contributed by atoms with Gasteiger partial charge in [-0.2, -0.15) is 0 Å². The Balaban J connectivity index is 1.75. The molecule has 1 aromatic heterocycles. The van der Waals surface area contributed by atoms with Crippen LogP contribution in [0.15, 0.2) is 36.7 Å². The number of benzene rings is 1. The smallest absolute Gasteiger partial charge is 0.336 e. The lowest BCUT2D eigenvalue weighted by atomic mass is 9.95. The topological polar surface area (TPSA) is 83.4 Å². The van der Waals surface area contributed by atoms with Crippen LogP contribution in [-0.2, 0) is 11.2 Å². The normalized spacial score (nSPS) is 17.1. The molecule has 0 aliphatic carbocycles. The number of nitrogens with zero attached hydrogens (tertiary/aromatic N) is 3. The molecule has 0 spiro atoms. The number of amides is 1. The molecule has 1 amide bonds. The van der Waals surface area contributed by atoms with Gasteiger partial charge in [-0.1, -0.05) is 39.0 Å². The number of carbonyl (C=O) groups is 2. The zero-order valence-corrected chi connectivity index (χ0v) is 16.0. The molecule has 27 heavy (non-hydrogen) atoms. The Morgan fingerprint density at radius 3 is 2.67 bits per heavy atom. The van der Waals surface area contributed by atoms with Crippen LogP contribution in [0.3, 0.4) is 0 Å². The van der Waals surface area contributed by atoms with Crippen molar-refractivity contribution >= 4 is 11.9 Å². The highest BCUT2D eigenvalue weighted by molar-refractivity contribution is 5.95. The second-order valence-corrected chi connectivity index (χ2v) is 8.11. The van der Waals surface area contributed by atoms with Crippen molar-refractivity contribution < 1.29 is 14.7 Å². The first-order chi connectivity index (χ1) is 12.8. The highest BCUT2D eigenvalue weighted by Gasteiger charge is 2.32. The maximum atomic E-state index is 12.4. The third-order valence-corrected chi connectivity index (χ3v) is 4.87. The minimum atomic E-state index is -0.974. The van der Waals surface area contributed by atoms with E-state index in [2.05, 4.69) is 9.97 Å². The molecule has 142 valence electrons. The highest BCUT2D eigenvalue weighted by atomic mass is 16.4. The van der Waals surface area contributed by atoms with Crippen LogP contribution in [0.1, 0.15) is 43.2 Å². The van der Waals surface area contributed by atoms with Gasteiger partial charge in [0.15, 0.2) is 0 Å². The maximum Gasteiger partial charge on any atom is 0.336 e. The summed E-state index contributed by atoms with van der Waals surface area (Å²) in [5, 5.41) is 9.39. The molecule has 1 aliphatic rings. The lowest BCUT2D eigenvalue weighted by Crippen LogP contribution is -2.38. The van der Waals surface area contributed by atoms with Crippen molar-refractivity contribution in [3.05, 3.63) is 47.9 Å². The number of aromatic carboxylic acids is 1. The Kier molecular flexibility index (Phi) is 5.26. The fraction of sp³-hybridized carbons (Fsp3) is 0.429. The zero-order valence-electron chi connectivity index (χ0n) is 16.0. The minimum absolute atomic E-state index is 0.184. The Labute approximate surface area is 159 Å². The van der Waals surface area contributed by atoms with E-state index >= 15 is 0 Å². The highest BCUT2D eigenvalue weighted by Crippen LogP contribution is 2.27. The summed E-state index contributed by atoms with van der Waals surface area (Å²) >= 11 is 0. The second kappa shape index (κ2) is 7.47. The van der Waals surface area contributed by atoms with E-state index in [1.54, 1.807) is 24.3 Å². The summed E-state index contributed by atoms with van der Waals surface area (Å²) < 4.78 is 0. The van der Waals surface area contributed by atoms with Gasteiger partial charge in [-0.15, -0.1) is 0 Å². The molecule has 1 saturated heterocycles. The van der Waals surface area contributed by atoms with Crippen LogP contribution < -0.4 is 0 Å². The molecule has 1 atom stereocenters. The molecule has 6 nitrogen and oxygen atoms in total. The summed E-state index contributed by atoms with van der Waals surface area (Å²) in [6.45, 7) is 7.35. The van der Waals surface area contributed by atoms with Gasteiger partial charge in [0.05, 0.1) is 11.3 Å². The number of aromatic nitrogens is 2. The van der Waals surface area contributed by atoms with Gasteiger partial charge in [-0.3, -0.25) is 4.79 Å². The molecule has 0 bridgehead atoms. The van der Waals surface area contributed by atoms with E-state index < -0.39 is 5.97 Å². The predicted octanol–water partition coefficient (Wildman–Crippen LogP) is 3.28. The predicted molar refractivity (Wildman–Crippen MR) is 102 cm³/mol. The van der Waals surface area contributed by atoms with Gasteiger partial charge < -0.3 is 10.0 Å². The first-order valence-electron chi connectivity index (χ1n) is 9.18. The lowest BCUT2D eigenvalue weighted by molar-refractivity contribution is -0.138. The van der Waals surface area contributed by atoms with Crippen LogP contribution in [-0.4, -0.2) is 44.9 Å². The van der Waals surface area contributed by atoms with Crippen molar-refractivity contribution in [1.29, 1.82) is 0 Å². The zero-order chi connectivity index (χ0) is 19.6. The molecule has 2 heterocycles. The third kappa shape index (κ3) is 4.32. The van der Waals surface area contributed by atoms with Crippen molar-refractivity contribution in [3.8, 4) is 11.3 Å². The SMILES string of the molecule is CC(C)(C)C(=O)N1CC[C@H](Cc2cc(-c3ccccc3C(=O)O)ncn2)C1. The molecule has 1 fully saturated rings. The quantitative estimate of drug-likeness (QED) is 0.897. The molecular formula is C21H25N3O3. The van der Waals surface area contributed by atoms with Crippen LogP contribution in [0, 0.1) is 11.3 Å². The molecule has 6 heteroatoms. The summed E-state index contributed by atoms with van der Waals surface area (Å²) in [5.41, 5.74) is 1.93. The minimum Gasteiger partial charge on any atom is -0.478 e. The molecule has 2 aromatic rings. The van der Waals surface area contributed by atoms with Crippen LogP contribution in [0.4, 0.5) is 0 Å². The number of carboxylic acids is 1. The van der Waals surface area contributed by atoms with Gasteiger partial charge in [0.2, 0.25) is 5.91 Å². The Bertz CT molecular complexity index is 858. The van der Waals surface area contributed by atoms with Crippen molar-refractivity contribution in [1.82, 2.24) is 14.9 Å². The number of carbonyl (C=O) groups excluding carboxylic acids is 1. The monoisotopic (exact) mass is 367 g/mol. The van der Waals surface area contributed by atoms with Crippen LogP contribution in [0.25, 0.3) is 11.3 Å². The van der Waals surface area contributed by atoms with Gasteiger partial charge in [-0.05, 0) is 30.9 Å². The summed E-state index contributed by atoms with van der Waals surface area (Å²) in [7, 11) is 0. The van der Waals surface area contributed by atoms with E-state index in [0.29, 0.717) is 17.2 Å². The largest absolute Gasteiger partial charge is 0.478 e. The van der Waals surface area contributed by atoms with E-state index in [1.165, 1.54) is 6.33 Å². The first kappa shape index (κ1) is 19.0. The average molecular weight is 367 g/mol. The lowest BCUT2D eigenvalue weighted by Gasteiger charge is -2.25. The first-order valence-corrected chi connectivity index (χ1v) is 9.18. The number of carboxylic acid groups (broad SMARTS) is 1. The summed E-state index contributed by atoms with van der Waals surface area (Å²) in [4.78, 5) is 34.5. The second-order valence-electron chi connectivity index (χ2n) is 8.11. The number of hydrogen-bond donors (Lipinski definition) is 1. The van der Waals surface area contributed by atoms with Crippen molar-refractivity contribution in [3.63, 3.8) is 0 Å². The summed E-state index contributed by atoms with van der Waals surface area (Å²) in [6.07, 6.45) is 3.18. The van der Waals surface area contributed by atoms with Gasteiger partial charge in [0.1, 0.15) is 6.33 Å². The van der Waals surface area contributed by atoms with Crippen molar-refractivity contribution in [2.24, 2.45) is 11.3 Å². The van der Waals surface area contributed by atoms with Crippen molar-refractivity contribution in [2.45, 2.75) is 33.6 Å². The molecule has 1 N–H and O–H groups in total. The van der Waals surface area contributed by atoms with Gasteiger partial charge in [0.25, 0.3) is 0 Å². The Morgan fingerprint density at radius 1 is 1.22 bits per heavy atom. The molecule has 1 aromatic carbocycles. The number of hydrogen-bond acceptors (Lipinski definition) is 4. The van der Waals surface area contributed by atoms with Crippen LogP contribution >= 0.6 is 0 Å². The number of likely N-dealkylation sites (tertiary alicyclic amines) is 1. The molecule has 1 aliphatic heterocycles. The van der Waals surface area contributed by atoms with Gasteiger partial charge in [0, 0.05) is 29.8 Å². The average Bonchev–Trinajstić information content (AvgIpc) is 3.08. The van der Waals surface area contributed by atoms with Crippen molar-refractivity contribution in [2.75, 3.05) is 13.1 Å². The van der Waals surface area contributed by atoms with Gasteiger partial charge >= 0.3 is 5.97 Å². The van der Waals surface area contributed by atoms with Crippen LogP contribution in [0.5, 0.6) is 0 Å². The Hall–Kier alpha value is -2.76. The molecular weight excluding hydrogens is 342 g/mol. The fourth-order valence-corrected chi connectivity index (χ4v) is 3.50. The van der Waals surface area contributed by atoms with E-state index in [0.717, 1.165) is 31.6 Å². The fourth-order valence-electron chi connectivity index (χ4n) is 3.50. The van der Waals surface area contributed by atoms with E-state index in [4.69, 9.17) is 0 Å². The molecule has 0 saturated carbocycles. The molecule has 3 rings (SSSR count). The number of rotatable bonds is 4. The molecule has 0 unspecified atom stereocenters. The van der Waals surface area contributed by atoms with Gasteiger partial charge in [-0.25, -0.2) is 14.8 Å². The summed E-state index contributed by atoms with van der Waals surface area (Å²) in [5.74, 6) is -0.435. The standard InChI is InChI=1S/C21H25N3O3/c1-21(2,3)20(27)24-9-8-14(12-24)10-15-11-18(23-13-22-15)16-6-4-5-7-17(16)19(25)26/h4-7,11,13-14H,8-10,12H2,1-3H3,(H,25,26)/t14-/m1/s1. The maximum absolute atomic E-state index is 12.4. The van der Waals surface area contributed by atoms with E-state index in [9.17, 15) is 14.7 Å². The summed E-state index contributed by atoms with van der Waals surface area (Å²) in [6, 6.07) is 8.70. The van der Waals surface area contributed by atoms with E-state index in [1.807, 2.05) is 31.7 Å². The van der Waals surface area contributed by atoms with E-state index in [-0.39, 0.29) is 16.9 Å². The van der Waals surface area contributed by atoms with Crippen LogP contribution in [0.2, 0.25) is 0 Å². The Morgan fingerprint density at radius 2 is 1.96 bits per heavy atom. The molecule has 0 radical (unpaired) electrons.